The van der Waals surface area contributed by atoms with Gasteiger partial charge in [-0.3, -0.25) is 9.69 Å². The first kappa shape index (κ1) is 22.0. The second kappa shape index (κ2) is 9.74. The first-order valence-corrected chi connectivity index (χ1v) is 10.0. The summed E-state index contributed by atoms with van der Waals surface area (Å²) in [6.07, 6.45) is 0.860. The van der Waals surface area contributed by atoms with Crippen LogP contribution < -0.4 is 4.74 Å². The lowest BCUT2D eigenvalue weighted by atomic mass is 9.84. The van der Waals surface area contributed by atoms with Crippen molar-refractivity contribution in [3.8, 4) is 11.5 Å². The Labute approximate surface area is 169 Å². The highest BCUT2D eigenvalue weighted by Crippen LogP contribution is 2.40. The van der Waals surface area contributed by atoms with Gasteiger partial charge in [0, 0.05) is 30.5 Å². The Morgan fingerprint density at radius 1 is 1.04 bits per heavy atom. The molecular formula is C24H33NO3. The maximum Gasteiger partial charge on any atom is 0.308 e. The number of nitrogens with zero attached hydrogens (tertiary/aromatic N) is 1. The van der Waals surface area contributed by atoms with Crippen molar-refractivity contribution < 1.29 is 14.6 Å². The summed E-state index contributed by atoms with van der Waals surface area (Å²) in [6.45, 7) is 13.0. The van der Waals surface area contributed by atoms with Crippen LogP contribution in [0.2, 0.25) is 0 Å². The van der Waals surface area contributed by atoms with E-state index < -0.39 is 0 Å². The second-order valence-corrected chi connectivity index (χ2v) is 7.89. The third kappa shape index (κ3) is 5.35. The number of hydrogen-bond acceptors (Lipinski definition) is 4. The minimum absolute atomic E-state index is 0.0163. The lowest BCUT2D eigenvalue weighted by molar-refractivity contribution is -0.131. The largest absolute Gasteiger partial charge is 0.508 e. The Morgan fingerprint density at radius 3 is 2.18 bits per heavy atom. The van der Waals surface area contributed by atoms with Crippen LogP contribution in [-0.2, 0) is 4.79 Å². The molecule has 2 aromatic rings. The van der Waals surface area contributed by atoms with Crippen LogP contribution in [0.3, 0.4) is 0 Å². The van der Waals surface area contributed by atoms with E-state index in [0.29, 0.717) is 17.8 Å². The predicted octanol–water partition coefficient (Wildman–Crippen LogP) is 5.27. The molecule has 2 aromatic carbocycles. The number of ether oxygens (including phenoxy) is 1. The van der Waals surface area contributed by atoms with Gasteiger partial charge in [0.25, 0.3) is 0 Å². The lowest BCUT2D eigenvalue weighted by Gasteiger charge is -2.33. The number of hydrogen-bond donors (Lipinski definition) is 1. The monoisotopic (exact) mass is 383 g/mol. The molecule has 0 spiro atoms. The number of esters is 1. The summed E-state index contributed by atoms with van der Waals surface area (Å²) in [6, 6.07) is 14.4. The van der Waals surface area contributed by atoms with Crippen LogP contribution in [0, 0.1) is 6.92 Å². The number of carbonyl (C=O) groups excluding carboxylic acids is 1. The molecule has 0 saturated heterocycles. The van der Waals surface area contributed by atoms with Crippen LogP contribution in [-0.4, -0.2) is 34.6 Å². The standard InChI is InChI=1S/C24H33NO3/c1-16(2)25(17(3)4)15-14-21(20-10-8-7-9-11-20)24-18(5)22(27)12-13-23(24)28-19(6)26/h7-13,16-17,21,27H,14-15H2,1-6H3. The number of rotatable bonds is 8. The van der Waals surface area contributed by atoms with E-state index in [1.54, 1.807) is 12.1 Å². The fourth-order valence-electron chi connectivity index (χ4n) is 3.92. The molecule has 28 heavy (non-hydrogen) atoms. The van der Waals surface area contributed by atoms with Crippen molar-refractivity contribution in [2.75, 3.05) is 6.54 Å². The van der Waals surface area contributed by atoms with E-state index in [-0.39, 0.29) is 17.6 Å². The molecule has 1 unspecified atom stereocenters. The van der Waals surface area contributed by atoms with E-state index in [4.69, 9.17) is 4.74 Å². The molecule has 0 fully saturated rings. The Hall–Kier alpha value is -2.33. The molecule has 0 aromatic heterocycles. The lowest BCUT2D eigenvalue weighted by Crippen LogP contribution is -2.38. The van der Waals surface area contributed by atoms with Gasteiger partial charge in [-0.1, -0.05) is 30.3 Å². The fourth-order valence-corrected chi connectivity index (χ4v) is 3.92. The molecule has 0 heterocycles. The normalized spacial score (nSPS) is 12.6. The van der Waals surface area contributed by atoms with Crippen LogP contribution in [0.1, 0.15) is 63.6 Å². The molecule has 0 aliphatic rings. The number of aromatic hydroxyl groups is 1. The molecule has 2 rings (SSSR count). The predicted molar refractivity (Wildman–Crippen MR) is 114 cm³/mol. The van der Waals surface area contributed by atoms with Gasteiger partial charge in [0.15, 0.2) is 0 Å². The van der Waals surface area contributed by atoms with Gasteiger partial charge in [0.1, 0.15) is 11.5 Å². The van der Waals surface area contributed by atoms with Gasteiger partial charge in [0.05, 0.1) is 0 Å². The van der Waals surface area contributed by atoms with Gasteiger partial charge >= 0.3 is 5.97 Å². The Balaban J connectivity index is 2.51. The number of carbonyl (C=O) groups is 1. The summed E-state index contributed by atoms with van der Waals surface area (Å²) in [5.41, 5.74) is 2.79. The molecule has 1 N–H and O–H groups in total. The summed E-state index contributed by atoms with van der Waals surface area (Å²) >= 11 is 0. The summed E-state index contributed by atoms with van der Waals surface area (Å²) < 4.78 is 5.52. The van der Waals surface area contributed by atoms with Crippen molar-refractivity contribution >= 4 is 5.97 Å². The van der Waals surface area contributed by atoms with Gasteiger partial charge in [-0.15, -0.1) is 0 Å². The van der Waals surface area contributed by atoms with Gasteiger partial charge in [0.2, 0.25) is 0 Å². The van der Waals surface area contributed by atoms with Crippen molar-refractivity contribution in [1.29, 1.82) is 0 Å². The molecular weight excluding hydrogens is 350 g/mol. The highest BCUT2D eigenvalue weighted by Gasteiger charge is 2.25. The second-order valence-electron chi connectivity index (χ2n) is 7.89. The van der Waals surface area contributed by atoms with Crippen LogP contribution in [0.5, 0.6) is 11.5 Å². The van der Waals surface area contributed by atoms with Crippen LogP contribution in [0.25, 0.3) is 0 Å². The highest BCUT2D eigenvalue weighted by molar-refractivity contribution is 5.70. The Kier molecular flexibility index (Phi) is 7.64. The summed E-state index contributed by atoms with van der Waals surface area (Å²) in [7, 11) is 0. The van der Waals surface area contributed by atoms with Crippen molar-refractivity contribution in [3.63, 3.8) is 0 Å². The van der Waals surface area contributed by atoms with Crippen LogP contribution in [0.15, 0.2) is 42.5 Å². The molecule has 1 atom stereocenters. The maximum absolute atomic E-state index is 11.7. The summed E-state index contributed by atoms with van der Waals surface area (Å²) in [4.78, 5) is 14.1. The van der Waals surface area contributed by atoms with Crippen LogP contribution >= 0.6 is 0 Å². The SMILES string of the molecule is CC(=O)Oc1ccc(O)c(C)c1C(CCN(C(C)C)C(C)C)c1ccccc1. The minimum atomic E-state index is -0.357. The van der Waals surface area contributed by atoms with Gasteiger partial charge in [-0.05, 0) is 70.8 Å². The third-order valence-corrected chi connectivity index (χ3v) is 5.25. The number of phenolic OH excluding ortho intramolecular Hbond substituents is 1. The third-order valence-electron chi connectivity index (χ3n) is 5.25. The molecule has 4 nitrogen and oxygen atoms in total. The molecule has 0 bridgehead atoms. The molecule has 0 radical (unpaired) electrons. The summed E-state index contributed by atoms with van der Waals surface area (Å²) in [5, 5.41) is 10.4. The van der Waals surface area contributed by atoms with E-state index in [0.717, 1.165) is 29.7 Å². The van der Waals surface area contributed by atoms with E-state index in [1.165, 1.54) is 6.92 Å². The van der Waals surface area contributed by atoms with E-state index in [1.807, 2.05) is 25.1 Å². The zero-order valence-electron chi connectivity index (χ0n) is 17.9. The zero-order chi connectivity index (χ0) is 20.8. The zero-order valence-corrected chi connectivity index (χ0v) is 17.9. The Morgan fingerprint density at radius 2 is 1.64 bits per heavy atom. The average Bonchev–Trinajstić information content (AvgIpc) is 2.63. The smallest absolute Gasteiger partial charge is 0.308 e. The molecule has 0 amide bonds. The minimum Gasteiger partial charge on any atom is -0.508 e. The number of phenols is 1. The van der Waals surface area contributed by atoms with Gasteiger partial charge in [-0.2, -0.15) is 0 Å². The molecule has 4 heteroatoms. The van der Waals surface area contributed by atoms with Crippen molar-refractivity contribution in [2.24, 2.45) is 0 Å². The Bertz CT molecular complexity index is 776. The van der Waals surface area contributed by atoms with Gasteiger partial charge in [-0.25, -0.2) is 0 Å². The van der Waals surface area contributed by atoms with Crippen molar-refractivity contribution in [3.05, 3.63) is 59.2 Å². The highest BCUT2D eigenvalue weighted by atomic mass is 16.5. The van der Waals surface area contributed by atoms with Crippen LogP contribution in [0.4, 0.5) is 0 Å². The maximum atomic E-state index is 11.7. The van der Waals surface area contributed by atoms with E-state index in [9.17, 15) is 9.90 Å². The summed E-state index contributed by atoms with van der Waals surface area (Å²) in [5.74, 6) is 0.403. The topological polar surface area (TPSA) is 49.8 Å². The van der Waals surface area contributed by atoms with E-state index in [2.05, 4.69) is 44.7 Å². The van der Waals surface area contributed by atoms with Crippen molar-refractivity contribution in [1.82, 2.24) is 4.90 Å². The first-order chi connectivity index (χ1) is 13.2. The van der Waals surface area contributed by atoms with Gasteiger partial charge < -0.3 is 9.84 Å². The molecule has 152 valence electrons. The fraction of sp³-hybridized carbons (Fsp3) is 0.458. The van der Waals surface area contributed by atoms with Crippen molar-refractivity contribution in [2.45, 2.75) is 66.0 Å². The first-order valence-electron chi connectivity index (χ1n) is 10.0. The molecule has 0 aliphatic carbocycles. The number of benzene rings is 2. The average molecular weight is 384 g/mol. The molecule has 0 aliphatic heterocycles. The quantitative estimate of drug-likeness (QED) is 0.498. The molecule has 0 saturated carbocycles. The van der Waals surface area contributed by atoms with E-state index >= 15 is 0 Å².